The van der Waals surface area contributed by atoms with Gasteiger partial charge in [0.05, 0.1) is 24.7 Å². The Morgan fingerprint density at radius 3 is 3.17 bits per heavy atom. The molecule has 1 aromatic carbocycles. The van der Waals surface area contributed by atoms with E-state index in [9.17, 15) is 4.79 Å². The summed E-state index contributed by atoms with van der Waals surface area (Å²) in [5, 5.41) is 3.68. The van der Waals surface area contributed by atoms with E-state index in [1.54, 1.807) is 13.3 Å². The van der Waals surface area contributed by atoms with E-state index in [-0.39, 0.29) is 12.0 Å². The Labute approximate surface area is 145 Å². The van der Waals surface area contributed by atoms with Crippen LogP contribution in [-0.4, -0.2) is 47.6 Å². The van der Waals surface area contributed by atoms with Crippen LogP contribution < -0.4 is 10.1 Å². The van der Waals surface area contributed by atoms with E-state index < -0.39 is 0 Å². The van der Waals surface area contributed by atoms with Gasteiger partial charge in [-0.25, -0.2) is 4.98 Å². The van der Waals surface area contributed by atoms with Crippen molar-refractivity contribution in [2.75, 3.05) is 26.0 Å². The summed E-state index contributed by atoms with van der Waals surface area (Å²) >= 11 is 1.40. The molecule has 1 aliphatic rings. The highest BCUT2D eigenvalue weighted by Crippen LogP contribution is 2.27. The second-order valence-corrected chi connectivity index (χ2v) is 6.42. The van der Waals surface area contributed by atoms with Gasteiger partial charge >= 0.3 is 0 Å². The smallest absolute Gasteiger partial charge is 0.230 e. The van der Waals surface area contributed by atoms with Crippen LogP contribution in [0.2, 0.25) is 0 Å². The highest BCUT2D eigenvalue weighted by Gasteiger charge is 2.17. The molecule has 0 saturated carbocycles. The first-order valence-corrected chi connectivity index (χ1v) is 8.94. The number of amides is 1. The number of rotatable bonds is 7. The second kappa shape index (κ2) is 8.21. The summed E-state index contributed by atoms with van der Waals surface area (Å²) in [4.78, 5) is 16.4. The Bertz CT molecular complexity index is 683. The summed E-state index contributed by atoms with van der Waals surface area (Å²) in [6.07, 6.45) is 5.84. The summed E-state index contributed by atoms with van der Waals surface area (Å²) in [5.41, 5.74) is 0.903. The van der Waals surface area contributed by atoms with Crippen molar-refractivity contribution in [1.82, 2.24) is 14.9 Å². The Kier molecular flexibility index (Phi) is 5.77. The van der Waals surface area contributed by atoms with Gasteiger partial charge in [0.2, 0.25) is 5.91 Å². The van der Waals surface area contributed by atoms with Crippen LogP contribution in [0.15, 0.2) is 41.8 Å². The zero-order chi connectivity index (χ0) is 16.8. The molecule has 0 unspecified atom stereocenters. The average molecular weight is 347 g/mol. The van der Waals surface area contributed by atoms with Crippen molar-refractivity contribution in [2.45, 2.75) is 24.1 Å². The number of carbonyl (C=O) groups excluding carboxylic acids is 1. The first-order valence-electron chi connectivity index (χ1n) is 7.96. The summed E-state index contributed by atoms with van der Waals surface area (Å²) in [6, 6.07) is 7.73. The van der Waals surface area contributed by atoms with Gasteiger partial charge in [-0.1, -0.05) is 23.9 Å². The van der Waals surface area contributed by atoms with Crippen molar-refractivity contribution in [2.24, 2.45) is 0 Å². The molecule has 1 aromatic heterocycles. The van der Waals surface area contributed by atoms with Crippen LogP contribution in [0, 0.1) is 0 Å². The minimum absolute atomic E-state index is 0.00919. The van der Waals surface area contributed by atoms with Crippen LogP contribution in [0.5, 0.6) is 5.75 Å². The molecule has 2 heterocycles. The fraction of sp³-hybridized carbons (Fsp3) is 0.412. The van der Waals surface area contributed by atoms with E-state index in [1.165, 1.54) is 11.8 Å². The first-order chi connectivity index (χ1) is 11.8. The lowest BCUT2D eigenvalue weighted by Gasteiger charge is -2.12. The Morgan fingerprint density at radius 1 is 1.50 bits per heavy atom. The first kappa shape index (κ1) is 16.9. The summed E-state index contributed by atoms with van der Waals surface area (Å²) < 4.78 is 12.8. The van der Waals surface area contributed by atoms with Gasteiger partial charge in [0.25, 0.3) is 0 Å². The summed E-state index contributed by atoms with van der Waals surface area (Å²) in [5.74, 6) is 1.07. The van der Waals surface area contributed by atoms with Crippen LogP contribution in [0.25, 0.3) is 5.69 Å². The molecule has 7 heteroatoms. The average Bonchev–Trinajstić information content (AvgIpc) is 3.29. The van der Waals surface area contributed by atoms with Gasteiger partial charge in [-0.3, -0.25) is 9.36 Å². The van der Waals surface area contributed by atoms with Crippen LogP contribution in [-0.2, 0) is 9.53 Å². The molecule has 1 saturated heterocycles. The van der Waals surface area contributed by atoms with Crippen molar-refractivity contribution >= 4 is 17.7 Å². The molecule has 2 aromatic rings. The molecule has 1 amide bonds. The largest absolute Gasteiger partial charge is 0.495 e. The minimum atomic E-state index is -0.00919. The van der Waals surface area contributed by atoms with Crippen molar-refractivity contribution in [3.05, 3.63) is 36.7 Å². The fourth-order valence-corrected chi connectivity index (χ4v) is 3.42. The molecule has 0 spiro atoms. The predicted octanol–water partition coefficient (Wildman–Crippen LogP) is 2.27. The van der Waals surface area contributed by atoms with Crippen molar-refractivity contribution in [3.63, 3.8) is 0 Å². The molecular formula is C17H21N3O3S. The maximum absolute atomic E-state index is 12.0. The third kappa shape index (κ3) is 4.10. The quantitative estimate of drug-likeness (QED) is 0.779. The molecule has 128 valence electrons. The van der Waals surface area contributed by atoms with Crippen LogP contribution >= 0.6 is 11.8 Å². The van der Waals surface area contributed by atoms with Gasteiger partial charge in [0.15, 0.2) is 5.16 Å². The van der Waals surface area contributed by atoms with Gasteiger partial charge in [0, 0.05) is 25.5 Å². The number of carbonyl (C=O) groups is 1. The molecule has 3 rings (SSSR count). The standard InChI is InChI=1S/C17H21N3O3S/c1-22-15-7-3-2-6-14(15)20-9-8-18-17(20)24-12-16(21)19-11-13-5-4-10-23-13/h2-3,6-9,13H,4-5,10-12H2,1H3,(H,19,21)/t13-/m0/s1. The van der Waals surface area contributed by atoms with E-state index >= 15 is 0 Å². The highest BCUT2D eigenvalue weighted by molar-refractivity contribution is 7.99. The van der Waals surface area contributed by atoms with Gasteiger partial charge in [-0.15, -0.1) is 0 Å². The maximum atomic E-state index is 12.0. The third-order valence-corrected chi connectivity index (χ3v) is 4.80. The van der Waals surface area contributed by atoms with Crippen LogP contribution in [0.3, 0.4) is 0 Å². The van der Waals surface area contributed by atoms with E-state index in [0.717, 1.165) is 36.0 Å². The fourth-order valence-electron chi connectivity index (χ4n) is 2.62. The Morgan fingerprint density at radius 2 is 2.38 bits per heavy atom. The predicted molar refractivity (Wildman–Crippen MR) is 92.8 cm³/mol. The number of benzene rings is 1. The van der Waals surface area contributed by atoms with Crippen molar-refractivity contribution < 1.29 is 14.3 Å². The molecule has 1 aliphatic heterocycles. The van der Waals surface area contributed by atoms with Gasteiger partial charge < -0.3 is 14.8 Å². The van der Waals surface area contributed by atoms with Gasteiger partial charge in [-0.05, 0) is 25.0 Å². The molecular weight excluding hydrogens is 326 g/mol. The molecule has 0 bridgehead atoms. The maximum Gasteiger partial charge on any atom is 0.230 e. The number of nitrogens with zero attached hydrogens (tertiary/aromatic N) is 2. The number of hydrogen-bond acceptors (Lipinski definition) is 5. The lowest BCUT2D eigenvalue weighted by Crippen LogP contribution is -2.32. The number of ether oxygens (including phenoxy) is 2. The number of imidazole rings is 1. The van der Waals surface area contributed by atoms with E-state index in [2.05, 4.69) is 10.3 Å². The number of para-hydroxylation sites is 2. The highest BCUT2D eigenvalue weighted by atomic mass is 32.2. The van der Waals surface area contributed by atoms with E-state index in [0.29, 0.717) is 12.3 Å². The van der Waals surface area contributed by atoms with Crippen molar-refractivity contribution in [3.8, 4) is 11.4 Å². The molecule has 0 aliphatic carbocycles. The summed E-state index contributed by atoms with van der Waals surface area (Å²) in [7, 11) is 1.64. The number of aromatic nitrogens is 2. The Hall–Kier alpha value is -1.99. The van der Waals surface area contributed by atoms with Crippen LogP contribution in [0.1, 0.15) is 12.8 Å². The number of thioether (sulfide) groups is 1. The van der Waals surface area contributed by atoms with E-state index in [1.807, 2.05) is 35.0 Å². The SMILES string of the molecule is COc1ccccc1-n1ccnc1SCC(=O)NC[C@@H]1CCCO1. The van der Waals surface area contributed by atoms with Gasteiger partial charge in [-0.2, -0.15) is 0 Å². The molecule has 1 N–H and O–H groups in total. The number of nitrogens with one attached hydrogen (secondary N) is 1. The lowest BCUT2D eigenvalue weighted by atomic mass is 10.2. The summed E-state index contributed by atoms with van der Waals surface area (Å²) in [6.45, 7) is 1.38. The topological polar surface area (TPSA) is 65.4 Å². The lowest BCUT2D eigenvalue weighted by molar-refractivity contribution is -0.119. The molecule has 1 fully saturated rings. The molecule has 0 radical (unpaired) electrons. The zero-order valence-electron chi connectivity index (χ0n) is 13.6. The van der Waals surface area contributed by atoms with E-state index in [4.69, 9.17) is 9.47 Å². The molecule has 6 nitrogen and oxygen atoms in total. The molecule has 1 atom stereocenters. The Balaban J connectivity index is 1.58. The van der Waals surface area contributed by atoms with Gasteiger partial charge in [0.1, 0.15) is 5.75 Å². The monoisotopic (exact) mass is 347 g/mol. The number of hydrogen-bond donors (Lipinski definition) is 1. The van der Waals surface area contributed by atoms with Crippen LogP contribution in [0.4, 0.5) is 0 Å². The number of methoxy groups -OCH3 is 1. The zero-order valence-corrected chi connectivity index (χ0v) is 14.4. The third-order valence-electron chi connectivity index (χ3n) is 3.83. The van der Waals surface area contributed by atoms with Crippen molar-refractivity contribution in [1.29, 1.82) is 0 Å². The second-order valence-electron chi connectivity index (χ2n) is 5.48. The minimum Gasteiger partial charge on any atom is -0.495 e. The molecule has 24 heavy (non-hydrogen) atoms. The normalized spacial score (nSPS) is 17.0.